The second-order valence-electron chi connectivity index (χ2n) is 7.88. The largest absolute Gasteiger partial charge is 0.383 e. The van der Waals surface area contributed by atoms with E-state index in [0.717, 1.165) is 16.7 Å². The molecule has 2 heterocycles. The number of nitrogens with two attached hydrogens (primary N) is 1. The molecule has 33 heavy (non-hydrogen) atoms. The Labute approximate surface area is 190 Å². The Morgan fingerprint density at radius 3 is 2.45 bits per heavy atom. The minimum atomic E-state index is -0.363. The lowest BCUT2D eigenvalue weighted by molar-refractivity contribution is 0.102. The number of para-hydroxylation sites is 2. The Morgan fingerprint density at radius 1 is 0.970 bits per heavy atom. The van der Waals surface area contributed by atoms with E-state index in [0.29, 0.717) is 27.9 Å². The van der Waals surface area contributed by atoms with Gasteiger partial charge in [-0.15, -0.1) is 0 Å². The SMILES string of the molecule is Cc1cccc(NC(=O)c2c(N)n(/N=C/c3ccccc3C)c3nc4ccccc4nc23)c1. The minimum absolute atomic E-state index is 0.176. The number of amides is 1. The molecule has 1 amide bonds. The number of hydrogen-bond acceptors (Lipinski definition) is 5. The predicted octanol–water partition coefficient (Wildman–Crippen LogP) is 4.92. The molecule has 7 nitrogen and oxygen atoms in total. The van der Waals surface area contributed by atoms with Gasteiger partial charge < -0.3 is 11.1 Å². The van der Waals surface area contributed by atoms with Crippen molar-refractivity contribution in [1.82, 2.24) is 14.6 Å². The highest BCUT2D eigenvalue weighted by atomic mass is 16.1. The Bertz CT molecular complexity index is 1550. The molecule has 0 radical (unpaired) electrons. The van der Waals surface area contributed by atoms with E-state index in [1.807, 2.05) is 86.6 Å². The van der Waals surface area contributed by atoms with Crippen LogP contribution in [0, 0.1) is 13.8 Å². The van der Waals surface area contributed by atoms with Crippen molar-refractivity contribution >= 4 is 45.8 Å². The number of carbonyl (C=O) groups excluding carboxylic acids is 1. The van der Waals surface area contributed by atoms with Gasteiger partial charge in [-0.2, -0.15) is 9.78 Å². The van der Waals surface area contributed by atoms with E-state index < -0.39 is 0 Å². The van der Waals surface area contributed by atoms with Crippen LogP contribution in [0.25, 0.3) is 22.2 Å². The number of carbonyl (C=O) groups is 1. The number of rotatable bonds is 4. The zero-order chi connectivity index (χ0) is 22.9. The molecule has 0 fully saturated rings. The first-order valence-electron chi connectivity index (χ1n) is 10.6. The number of benzene rings is 3. The van der Waals surface area contributed by atoms with Crippen LogP contribution >= 0.6 is 0 Å². The van der Waals surface area contributed by atoms with Gasteiger partial charge in [0.05, 0.1) is 17.2 Å². The summed E-state index contributed by atoms with van der Waals surface area (Å²) >= 11 is 0. The molecule has 2 aromatic heterocycles. The van der Waals surface area contributed by atoms with Gasteiger partial charge in [-0.05, 0) is 54.8 Å². The van der Waals surface area contributed by atoms with Crippen molar-refractivity contribution in [3.05, 3.63) is 95.1 Å². The molecule has 5 rings (SSSR count). The van der Waals surface area contributed by atoms with Gasteiger partial charge in [0.15, 0.2) is 5.65 Å². The molecule has 0 aliphatic rings. The molecule has 5 aromatic rings. The number of anilines is 2. The average molecular weight is 435 g/mol. The fourth-order valence-corrected chi connectivity index (χ4v) is 3.76. The summed E-state index contributed by atoms with van der Waals surface area (Å²) in [5, 5.41) is 7.50. The second kappa shape index (κ2) is 8.20. The number of nitrogen functional groups attached to an aromatic ring is 1. The summed E-state index contributed by atoms with van der Waals surface area (Å²) in [6.45, 7) is 3.97. The van der Waals surface area contributed by atoms with Gasteiger partial charge in [-0.1, -0.05) is 48.5 Å². The van der Waals surface area contributed by atoms with E-state index in [9.17, 15) is 4.79 Å². The Morgan fingerprint density at radius 2 is 1.70 bits per heavy atom. The molecule has 0 atom stereocenters. The van der Waals surface area contributed by atoms with Crippen molar-refractivity contribution in [2.45, 2.75) is 13.8 Å². The average Bonchev–Trinajstić information content (AvgIpc) is 3.07. The summed E-state index contributed by atoms with van der Waals surface area (Å²) in [6.07, 6.45) is 1.71. The highest BCUT2D eigenvalue weighted by molar-refractivity contribution is 6.16. The van der Waals surface area contributed by atoms with Gasteiger partial charge in [0.25, 0.3) is 5.91 Å². The van der Waals surface area contributed by atoms with Gasteiger partial charge in [-0.25, -0.2) is 9.97 Å². The third-order valence-electron chi connectivity index (χ3n) is 5.48. The van der Waals surface area contributed by atoms with E-state index in [2.05, 4.69) is 10.4 Å². The van der Waals surface area contributed by atoms with E-state index in [1.165, 1.54) is 4.68 Å². The van der Waals surface area contributed by atoms with Crippen molar-refractivity contribution in [3.63, 3.8) is 0 Å². The van der Waals surface area contributed by atoms with Gasteiger partial charge >= 0.3 is 0 Å². The maximum atomic E-state index is 13.3. The first-order chi connectivity index (χ1) is 16.0. The van der Waals surface area contributed by atoms with Crippen molar-refractivity contribution in [2.75, 3.05) is 11.1 Å². The van der Waals surface area contributed by atoms with Crippen LogP contribution in [-0.4, -0.2) is 26.8 Å². The molecule has 7 heteroatoms. The first-order valence-corrected chi connectivity index (χ1v) is 10.6. The van der Waals surface area contributed by atoms with Crippen LogP contribution in [0.3, 0.4) is 0 Å². The van der Waals surface area contributed by atoms with Crippen LogP contribution in [0.1, 0.15) is 27.0 Å². The summed E-state index contributed by atoms with van der Waals surface area (Å²) in [7, 11) is 0. The van der Waals surface area contributed by atoms with E-state index >= 15 is 0 Å². The molecule has 0 unspecified atom stereocenters. The van der Waals surface area contributed by atoms with Crippen molar-refractivity contribution in [1.29, 1.82) is 0 Å². The van der Waals surface area contributed by atoms with Crippen LogP contribution in [0.4, 0.5) is 11.5 Å². The number of nitrogens with zero attached hydrogens (tertiary/aromatic N) is 4. The standard InChI is InChI=1S/C26H22N6O/c1-16-8-7-11-19(14-16)29-26(33)22-23-25(31-21-13-6-5-12-20(21)30-23)32(24(22)27)28-15-18-10-4-3-9-17(18)2/h3-15H,27H2,1-2H3,(H,29,33)/b28-15+. The molecule has 0 bridgehead atoms. The fourth-order valence-electron chi connectivity index (χ4n) is 3.76. The van der Waals surface area contributed by atoms with Crippen molar-refractivity contribution in [3.8, 4) is 0 Å². The van der Waals surface area contributed by atoms with E-state index in [4.69, 9.17) is 15.7 Å². The van der Waals surface area contributed by atoms with E-state index in [1.54, 1.807) is 6.21 Å². The molecule has 3 aromatic carbocycles. The highest BCUT2D eigenvalue weighted by Crippen LogP contribution is 2.29. The van der Waals surface area contributed by atoms with Crippen LogP contribution < -0.4 is 11.1 Å². The molecule has 0 saturated heterocycles. The lowest BCUT2D eigenvalue weighted by Gasteiger charge is -2.06. The number of nitrogens with one attached hydrogen (secondary N) is 1. The topological polar surface area (TPSA) is 98.2 Å². The quantitative estimate of drug-likeness (QED) is 0.392. The molecule has 0 aliphatic heterocycles. The minimum Gasteiger partial charge on any atom is -0.383 e. The van der Waals surface area contributed by atoms with Crippen molar-refractivity contribution in [2.24, 2.45) is 5.10 Å². The van der Waals surface area contributed by atoms with Crippen LogP contribution in [-0.2, 0) is 0 Å². The number of hydrogen-bond donors (Lipinski definition) is 2. The molecular formula is C26H22N6O. The third kappa shape index (κ3) is 3.80. The van der Waals surface area contributed by atoms with E-state index in [-0.39, 0.29) is 17.3 Å². The monoisotopic (exact) mass is 434 g/mol. The van der Waals surface area contributed by atoms with Crippen molar-refractivity contribution < 1.29 is 4.79 Å². The normalized spacial score (nSPS) is 11.5. The summed E-state index contributed by atoms with van der Waals surface area (Å²) in [4.78, 5) is 22.8. The van der Waals surface area contributed by atoms with Crippen LogP contribution in [0.15, 0.2) is 77.9 Å². The summed E-state index contributed by atoms with van der Waals surface area (Å²) in [5.74, 6) is -0.187. The maximum Gasteiger partial charge on any atom is 0.261 e. The molecule has 0 saturated carbocycles. The molecule has 0 spiro atoms. The van der Waals surface area contributed by atoms with Gasteiger partial charge in [0.2, 0.25) is 0 Å². The molecule has 162 valence electrons. The molecular weight excluding hydrogens is 412 g/mol. The predicted molar refractivity (Wildman–Crippen MR) is 133 cm³/mol. The first kappa shape index (κ1) is 20.4. The fraction of sp³-hybridized carbons (Fsp3) is 0.0769. The number of fused-ring (bicyclic) bond motifs is 2. The third-order valence-corrected chi connectivity index (χ3v) is 5.48. The summed E-state index contributed by atoms with van der Waals surface area (Å²) < 4.78 is 1.48. The lowest BCUT2D eigenvalue weighted by Crippen LogP contribution is -2.14. The molecule has 0 aliphatic carbocycles. The summed E-state index contributed by atoms with van der Waals surface area (Å²) in [6, 6.07) is 23.0. The smallest absolute Gasteiger partial charge is 0.261 e. The van der Waals surface area contributed by atoms with Gasteiger partial charge in [-0.3, -0.25) is 4.79 Å². The van der Waals surface area contributed by atoms with Crippen LogP contribution in [0.2, 0.25) is 0 Å². The van der Waals surface area contributed by atoms with Crippen LogP contribution in [0.5, 0.6) is 0 Å². The Balaban J connectivity index is 1.68. The highest BCUT2D eigenvalue weighted by Gasteiger charge is 2.24. The second-order valence-corrected chi connectivity index (χ2v) is 7.88. The zero-order valence-corrected chi connectivity index (χ0v) is 18.3. The van der Waals surface area contributed by atoms with Gasteiger partial charge in [0.1, 0.15) is 16.9 Å². The summed E-state index contributed by atoms with van der Waals surface area (Å²) in [5.41, 5.74) is 12.6. The number of aryl methyl sites for hydroxylation is 2. The van der Waals surface area contributed by atoms with Gasteiger partial charge in [0, 0.05) is 5.69 Å². The maximum absolute atomic E-state index is 13.3. The lowest BCUT2D eigenvalue weighted by atomic mass is 10.1. The number of aromatic nitrogens is 3. The Hall–Kier alpha value is -4.52. The Kier molecular flexibility index (Phi) is 5.06. The molecule has 3 N–H and O–H groups in total. The zero-order valence-electron chi connectivity index (χ0n) is 18.3.